The van der Waals surface area contributed by atoms with Crippen LogP contribution in [0.4, 0.5) is 5.69 Å². The van der Waals surface area contributed by atoms with Gasteiger partial charge in [-0.05, 0) is 67.7 Å². The van der Waals surface area contributed by atoms with Gasteiger partial charge < -0.3 is 14.8 Å². The van der Waals surface area contributed by atoms with E-state index in [0.29, 0.717) is 58.8 Å². The third kappa shape index (κ3) is 5.62. The van der Waals surface area contributed by atoms with Crippen molar-refractivity contribution in [3.8, 4) is 17.2 Å². The molecule has 1 saturated heterocycles. The van der Waals surface area contributed by atoms with Crippen molar-refractivity contribution in [2.24, 2.45) is 5.92 Å². The number of hydrogen-bond acceptors (Lipinski definition) is 5. The molecule has 6 nitrogen and oxygen atoms in total. The van der Waals surface area contributed by atoms with Gasteiger partial charge in [0.1, 0.15) is 23.0 Å². The Kier molecular flexibility index (Phi) is 7.43. The molecule has 0 saturated carbocycles. The van der Waals surface area contributed by atoms with Crippen LogP contribution in [-0.4, -0.2) is 30.5 Å². The van der Waals surface area contributed by atoms with Gasteiger partial charge in [-0.2, -0.15) is 0 Å². The van der Waals surface area contributed by atoms with Gasteiger partial charge >= 0.3 is 0 Å². The van der Waals surface area contributed by atoms with E-state index in [2.05, 4.69) is 15.1 Å². The van der Waals surface area contributed by atoms with Crippen LogP contribution in [0.15, 0.2) is 42.6 Å². The number of benzene rings is 2. The normalized spacial score (nSPS) is 14.1. The molecule has 1 aliphatic heterocycles. The largest absolute Gasteiger partial charge is 0.504 e. The third-order valence-corrected chi connectivity index (χ3v) is 6.22. The van der Waals surface area contributed by atoms with E-state index < -0.39 is 0 Å². The fraction of sp³-hybridized carbons (Fsp3) is 0.346. The lowest BCUT2D eigenvalue weighted by Gasteiger charge is -2.23. The lowest BCUT2D eigenvalue weighted by molar-refractivity contribution is -0.118. The van der Waals surface area contributed by atoms with Crippen molar-refractivity contribution in [3.63, 3.8) is 0 Å². The Morgan fingerprint density at radius 3 is 2.76 bits per heavy atom. The first-order valence-electron chi connectivity index (χ1n) is 11.2. The van der Waals surface area contributed by atoms with E-state index in [0.717, 1.165) is 36.9 Å². The maximum absolute atomic E-state index is 11.7. The van der Waals surface area contributed by atoms with Crippen molar-refractivity contribution in [3.05, 3.63) is 64.6 Å². The molecular formula is C26H26ClN3O3. The van der Waals surface area contributed by atoms with Crippen LogP contribution in [0.5, 0.6) is 17.2 Å². The minimum Gasteiger partial charge on any atom is -0.504 e. The van der Waals surface area contributed by atoms with Gasteiger partial charge in [-0.25, -0.2) is 4.85 Å². The number of aromatic nitrogens is 1. The minimum atomic E-state index is 0.135. The van der Waals surface area contributed by atoms with Crippen LogP contribution < -0.4 is 14.8 Å². The topological polar surface area (TPSA) is 64.8 Å². The quantitative estimate of drug-likeness (QED) is 0.407. The molecule has 0 bridgehead atoms. The molecule has 7 heteroatoms. The molecular weight excluding hydrogens is 438 g/mol. The summed E-state index contributed by atoms with van der Waals surface area (Å²) in [5.74, 6) is 2.30. The molecule has 0 aliphatic carbocycles. The van der Waals surface area contributed by atoms with Crippen molar-refractivity contribution >= 4 is 34.0 Å². The number of fused-ring (bicyclic) bond motifs is 1. The second-order valence-electron chi connectivity index (χ2n) is 8.19. The Hall–Kier alpha value is -3.14. The van der Waals surface area contributed by atoms with Crippen LogP contribution in [0.25, 0.3) is 15.7 Å². The van der Waals surface area contributed by atoms with Gasteiger partial charge in [-0.15, -0.1) is 0 Å². The number of hydrogen-bond donors (Lipinski definition) is 1. The van der Waals surface area contributed by atoms with E-state index in [1.54, 1.807) is 30.5 Å². The molecule has 0 amide bonds. The fourth-order valence-corrected chi connectivity index (χ4v) is 4.12. The first-order chi connectivity index (χ1) is 16.1. The standard InChI is InChI=1S/C26H26ClN3O3/c1-3-19(31)12-18-4-5-20(13-22(18)27)33-25-8-11-30-23-15-26(24(28-2)14-21(23)25)32-16-17-6-9-29-10-7-17/h4-5,8,11,13-15,17,29H,3,6-7,9-10,12,16H2,1H3. The first-order valence-corrected chi connectivity index (χ1v) is 11.6. The summed E-state index contributed by atoms with van der Waals surface area (Å²) in [6.45, 7) is 12.1. The van der Waals surface area contributed by atoms with Crippen LogP contribution >= 0.6 is 11.6 Å². The Labute approximate surface area is 198 Å². The van der Waals surface area contributed by atoms with Gasteiger partial charge in [0.25, 0.3) is 0 Å². The number of pyridine rings is 1. The van der Waals surface area contributed by atoms with Gasteiger partial charge in [0.15, 0.2) is 0 Å². The summed E-state index contributed by atoms with van der Waals surface area (Å²) in [5, 5.41) is 4.56. The summed E-state index contributed by atoms with van der Waals surface area (Å²) in [7, 11) is 0. The van der Waals surface area contributed by atoms with E-state index in [1.165, 1.54) is 0 Å². The smallest absolute Gasteiger partial charge is 0.229 e. The molecule has 1 N–H and O–H groups in total. The van der Waals surface area contributed by atoms with E-state index in [4.69, 9.17) is 27.6 Å². The lowest BCUT2D eigenvalue weighted by atomic mass is 9.99. The number of nitrogens with zero attached hydrogens (tertiary/aromatic N) is 2. The van der Waals surface area contributed by atoms with Crippen molar-refractivity contribution < 1.29 is 14.3 Å². The highest BCUT2D eigenvalue weighted by Crippen LogP contribution is 2.38. The van der Waals surface area contributed by atoms with Crippen molar-refractivity contribution in [1.29, 1.82) is 0 Å². The zero-order chi connectivity index (χ0) is 23.2. The molecule has 1 aliphatic rings. The highest BCUT2D eigenvalue weighted by molar-refractivity contribution is 6.31. The van der Waals surface area contributed by atoms with Crippen molar-refractivity contribution in [2.75, 3.05) is 19.7 Å². The average molecular weight is 464 g/mol. The Morgan fingerprint density at radius 2 is 2.03 bits per heavy atom. The van der Waals surface area contributed by atoms with E-state index in [9.17, 15) is 4.79 Å². The van der Waals surface area contributed by atoms with E-state index >= 15 is 0 Å². The molecule has 2 aromatic carbocycles. The average Bonchev–Trinajstić information content (AvgIpc) is 2.84. The summed E-state index contributed by atoms with van der Waals surface area (Å²) in [5.41, 5.74) is 1.90. The van der Waals surface area contributed by atoms with E-state index in [1.807, 2.05) is 19.1 Å². The van der Waals surface area contributed by atoms with Gasteiger partial charge in [0, 0.05) is 29.4 Å². The van der Waals surface area contributed by atoms with E-state index in [-0.39, 0.29) is 5.78 Å². The predicted octanol–water partition coefficient (Wildman–Crippen LogP) is 6.13. The van der Waals surface area contributed by atoms with Crippen molar-refractivity contribution in [2.45, 2.75) is 32.6 Å². The maximum Gasteiger partial charge on any atom is 0.229 e. The first kappa shape index (κ1) is 23.0. The number of halogens is 1. The summed E-state index contributed by atoms with van der Waals surface area (Å²) < 4.78 is 12.1. The Balaban J connectivity index is 1.57. The Morgan fingerprint density at radius 1 is 1.21 bits per heavy atom. The molecule has 1 fully saturated rings. The fourth-order valence-electron chi connectivity index (χ4n) is 3.88. The number of ketones is 1. The summed E-state index contributed by atoms with van der Waals surface area (Å²) in [6.07, 6.45) is 4.60. The molecule has 2 heterocycles. The number of nitrogens with one attached hydrogen (secondary N) is 1. The summed E-state index contributed by atoms with van der Waals surface area (Å²) in [6, 6.07) is 10.6. The van der Waals surface area contributed by atoms with Gasteiger partial charge in [0.2, 0.25) is 5.69 Å². The third-order valence-electron chi connectivity index (χ3n) is 5.87. The van der Waals surface area contributed by atoms with Gasteiger partial charge in [-0.3, -0.25) is 9.78 Å². The van der Waals surface area contributed by atoms with Crippen LogP contribution in [0.2, 0.25) is 5.02 Å². The molecule has 0 spiro atoms. The monoisotopic (exact) mass is 463 g/mol. The van der Waals surface area contributed by atoms with Gasteiger partial charge in [0.05, 0.1) is 18.7 Å². The zero-order valence-electron chi connectivity index (χ0n) is 18.6. The number of carbonyl (C=O) groups excluding carboxylic acids is 1. The number of rotatable bonds is 8. The summed E-state index contributed by atoms with van der Waals surface area (Å²) >= 11 is 6.38. The highest BCUT2D eigenvalue weighted by Gasteiger charge is 2.17. The molecule has 1 aromatic heterocycles. The highest BCUT2D eigenvalue weighted by atomic mass is 35.5. The predicted molar refractivity (Wildman–Crippen MR) is 130 cm³/mol. The second-order valence-corrected chi connectivity index (χ2v) is 8.59. The lowest BCUT2D eigenvalue weighted by Crippen LogP contribution is -2.30. The molecule has 0 radical (unpaired) electrons. The van der Waals surface area contributed by atoms with Crippen LogP contribution in [-0.2, 0) is 11.2 Å². The SMILES string of the molecule is [C-]#[N+]c1cc2c(Oc3ccc(CC(=O)CC)c(Cl)c3)ccnc2cc1OCC1CCNCC1. The van der Waals surface area contributed by atoms with Crippen LogP contribution in [0.1, 0.15) is 31.7 Å². The molecule has 0 atom stereocenters. The van der Waals surface area contributed by atoms with Crippen LogP contribution in [0.3, 0.4) is 0 Å². The molecule has 170 valence electrons. The molecule has 3 aromatic rings. The maximum atomic E-state index is 11.7. The Bertz CT molecular complexity index is 1200. The van der Waals surface area contributed by atoms with Crippen molar-refractivity contribution in [1.82, 2.24) is 10.3 Å². The molecule has 4 rings (SSSR count). The number of piperidine rings is 1. The van der Waals surface area contributed by atoms with Gasteiger partial charge in [-0.1, -0.05) is 24.6 Å². The summed E-state index contributed by atoms with van der Waals surface area (Å²) in [4.78, 5) is 19.9. The number of carbonyl (C=O) groups is 1. The molecule has 33 heavy (non-hydrogen) atoms. The number of Topliss-reactive ketones (excluding diaryl/α,β-unsaturated/α-hetero) is 1. The van der Waals surface area contributed by atoms with Crippen LogP contribution in [0, 0.1) is 12.5 Å². The number of ether oxygens (including phenoxy) is 2. The minimum absolute atomic E-state index is 0.135. The molecule has 0 unspecified atom stereocenters. The zero-order valence-corrected chi connectivity index (χ0v) is 19.3. The second kappa shape index (κ2) is 10.7.